The van der Waals surface area contributed by atoms with Gasteiger partial charge in [-0.05, 0) is 85.3 Å². The van der Waals surface area contributed by atoms with Gasteiger partial charge >= 0.3 is 0 Å². The quantitative estimate of drug-likeness (QED) is 0.358. The van der Waals surface area contributed by atoms with Crippen molar-refractivity contribution >= 4 is 22.7 Å². The lowest BCUT2D eigenvalue weighted by molar-refractivity contribution is -0.118. The Bertz CT molecular complexity index is 1200. The first-order valence-corrected chi connectivity index (χ1v) is 10.9. The Labute approximate surface area is 188 Å². The molecule has 1 atom stereocenters. The van der Waals surface area contributed by atoms with Crippen molar-refractivity contribution in [1.29, 1.82) is 0 Å². The molecule has 1 N–H and O–H groups in total. The van der Waals surface area contributed by atoms with E-state index < -0.39 is 0 Å². The maximum atomic E-state index is 12.4. The van der Waals surface area contributed by atoms with Crippen LogP contribution in [-0.4, -0.2) is 17.5 Å². The smallest absolute Gasteiger partial charge is 0.262 e. The number of anilines is 1. The van der Waals surface area contributed by atoms with E-state index in [4.69, 9.17) is 9.15 Å². The van der Waals surface area contributed by atoms with E-state index in [1.54, 1.807) is 0 Å². The van der Waals surface area contributed by atoms with E-state index in [9.17, 15) is 4.79 Å². The fourth-order valence-corrected chi connectivity index (χ4v) is 3.51. The number of nitrogens with zero attached hydrogens (tertiary/aromatic N) is 1. The Morgan fingerprint density at radius 3 is 2.56 bits per heavy atom. The van der Waals surface area contributed by atoms with Gasteiger partial charge in [-0.2, -0.15) is 0 Å². The standard InChI is InChI=1S/C27H28N2O3/c1-5-17(2)20-9-11-23(12-10-20)31-16-26(30)28-22-8-6-7-21(15-22)27-29-24-13-18(3)19(4)14-25(24)32-27/h6-15,17H,5,16H2,1-4H3,(H,28,30)/t17-/m1/s1. The Morgan fingerprint density at radius 2 is 1.81 bits per heavy atom. The topological polar surface area (TPSA) is 64.4 Å². The van der Waals surface area contributed by atoms with Crippen LogP contribution in [0.15, 0.2) is 65.1 Å². The van der Waals surface area contributed by atoms with Crippen LogP contribution in [0, 0.1) is 13.8 Å². The van der Waals surface area contributed by atoms with Gasteiger partial charge in [-0.3, -0.25) is 4.79 Å². The molecule has 0 unspecified atom stereocenters. The number of fused-ring (bicyclic) bond motifs is 1. The molecule has 1 heterocycles. The third kappa shape index (κ3) is 4.83. The summed E-state index contributed by atoms with van der Waals surface area (Å²) in [4.78, 5) is 17.0. The lowest BCUT2D eigenvalue weighted by atomic mass is 9.99. The summed E-state index contributed by atoms with van der Waals surface area (Å²) in [6.45, 7) is 8.41. The zero-order valence-corrected chi connectivity index (χ0v) is 18.9. The van der Waals surface area contributed by atoms with Crippen LogP contribution >= 0.6 is 0 Å². The second-order valence-corrected chi connectivity index (χ2v) is 8.22. The molecule has 1 aromatic heterocycles. The van der Waals surface area contributed by atoms with Gasteiger partial charge in [0, 0.05) is 11.3 Å². The third-order valence-corrected chi connectivity index (χ3v) is 5.83. The molecule has 0 saturated carbocycles. The molecule has 0 aliphatic rings. The summed E-state index contributed by atoms with van der Waals surface area (Å²) in [5, 5.41) is 2.88. The highest BCUT2D eigenvalue weighted by Gasteiger charge is 2.11. The van der Waals surface area contributed by atoms with Gasteiger partial charge in [-0.15, -0.1) is 0 Å². The van der Waals surface area contributed by atoms with E-state index in [1.807, 2.05) is 60.7 Å². The molecule has 0 aliphatic carbocycles. The van der Waals surface area contributed by atoms with Gasteiger partial charge in [0.15, 0.2) is 12.2 Å². The molecule has 4 aromatic rings. The normalized spacial score (nSPS) is 12.0. The predicted molar refractivity (Wildman–Crippen MR) is 128 cm³/mol. The number of amides is 1. The molecule has 32 heavy (non-hydrogen) atoms. The van der Waals surface area contributed by atoms with Crippen LogP contribution in [0.3, 0.4) is 0 Å². The molecule has 0 fully saturated rings. The van der Waals surface area contributed by atoms with Crippen LogP contribution in [0.5, 0.6) is 5.75 Å². The lowest BCUT2D eigenvalue weighted by Crippen LogP contribution is -2.20. The fourth-order valence-electron chi connectivity index (χ4n) is 3.51. The molecule has 0 spiro atoms. The number of hydrogen-bond acceptors (Lipinski definition) is 4. The number of rotatable bonds is 7. The Balaban J connectivity index is 1.41. The third-order valence-electron chi connectivity index (χ3n) is 5.83. The monoisotopic (exact) mass is 428 g/mol. The Hall–Kier alpha value is -3.60. The van der Waals surface area contributed by atoms with Crippen molar-refractivity contribution in [2.75, 3.05) is 11.9 Å². The van der Waals surface area contributed by atoms with Crippen molar-refractivity contribution in [3.63, 3.8) is 0 Å². The molecule has 0 aliphatic heterocycles. The van der Waals surface area contributed by atoms with Gasteiger partial charge in [0.25, 0.3) is 5.91 Å². The van der Waals surface area contributed by atoms with E-state index in [0.29, 0.717) is 23.2 Å². The molecule has 1 amide bonds. The highest BCUT2D eigenvalue weighted by molar-refractivity contribution is 5.92. The zero-order chi connectivity index (χ0) is 22.7. The molecule has 5 heteroatoms. The summed E-state index contributed by atoms with van der Waals surface area (Å²) in [6, 6.07) is 19.4. The average molecular weight is 429 g/mol. The summed E-state index contributed by atoms with van der Waals surface area (Å²) in [6.07, 6.45) is 1.09. The van der Waals surface area contributed by atoms with Gasteiger partial charge in [0.2, 0.25) is 5.89 Å². The Kier molecular flexibility index (Phi) is 6.26. The number of carbonyl (C=O) groups is 1. The summed E-state index contributed by atoms with van der Waals surface area (Å²) in [7, 11) is 0. The molecule has 3 aromatic carbocycles. The van der Waals surface area contributed by atoms with Crippen LogP contribution in [0.4, 0.5) is 5.69 Å². The van der Waals surface area contributed by atoms with E-state index in [-0.39, 0.29) is 12.5 Å². The van der Waals surface area contributed by atoms with Crippen LogP contribution in [-0.2, 0) is 4.79 Å². The number of benzene rings is 3. The summed E-state index contributed by atoms with van der Waals surface area (Å²) >= 11 is 0. The zero-order valence-electron chi connectivity index (χ0n) is 18.9. The molecule has 5 nitrogen and oxygen atoms in total. The molecule has 164 valence electrons. The molecular weight excluding hydrogens is 400 g/mol. The molecular formula is C27H28N2O3. The number of oxazole rings is 1. The van der Waals surface area contributed by atoms with Gasteiger partial charge in [-0.25, -0.2) is 4.98 Å². The molecule has 0 bridgehead atoms. The van der Waals surface area contributed by atoms with Gasteiger partial charge in [-0.1, -0.05) is 32.0 Å². The number of ether oxygens (including phenoxy) is 1. The highest BCUT2D eigenvalue weighted by Crippen LogP contribution is 2.28. The highest BCUT2D eigenvalue weighted by atomic mass is 16.5. The minimum Gasteiger partial charge on any atom is -0.484 e. The first-order valence-electron chi connectivity index (χ1n) is 10.9. The summed E-state index contributed by atoms with van der Waals surface area (Å²) in [5.74, 6) is 1.49. The van der Waals surface area contributed by atoms with Crippen LogP contribution in [0.1, 0.15) is 42.9 Å². The number of aryl methyl sites for hydroxylation is 2. The first kappa shape index (κ1) is 21.6. The van der Waals surface area contributed by atoms with Crippen molar-refractivity contribution in [1.82, 2.24) is 4.98 Å². The molecule has 0 radical (unpaired) electrons. The summed E-state index contributed by atoms with van der Waals surface area (Å²) in [5.41, 5.74) is 6.65. The number of nitrogens with one attached hydrogen (secondary N) is 1. The maximum absolute atomic E-state index is 12.4. The lowest BCUT2D eigenvalue weighted by Gasteiger charge is -2.11. The minimum absolute atomic E-state index is 0.0612. The number of hydrogen-bond donors (Lipinski definition) is 1. The summed E-state index contributed by atoms with van der Waals surface area (Å²) < 4.78 is 11.6. The van der Waals surface area contributed by atoms with E-state index in [2.05, 4.69) is 38.0 Å². The Morgan fingerprint density at radius 1 is 1.06 bits per heavy atom. The average Bonchev–Trinajstić information content (AvgIpc) is 3.20. The minimum atomic E-state index is -0.225. The van der Waals surface area contributed by atoms with E-state index in [0.717, 1.165) is 28.6 Å². The van der Waals surface area contributed by atoms with Crippen LogP contribution in [0.2, 0.25) is 0 Å². The van der Waals surface area contributed by atoms with Gasteiger partial charge in [0.05, 0.1) is 0 Å². The van der Waals surface area contributed by atoms with E-state index >= 15 is 0 Å². The molecule has 4 rings (SSSR count). The van der Waals surface area contributed by atoms with Crippen molar-refractivity contribution in [3.8, 4) is 17.2 Å². The predicted octanol–water partition coefficient (Wildman–Crippen LogP) is 6.64. The first-order chi connectivity index (χ1) is 15.4. The van der Waals surface area contributed by atoms with Crippen molar-refractivity contribution in [2.45, 2.75) is 40.0 Å². The fraction of sp³-hybridized carbons (Fsp3) is 0.259. The second kappa shape index (κ2) is 9.27. The SMILES string of the molecule is CC[C@@H](C)c1ccc(OCC(=O)Nc2cccc(-c3nc4cc(C)c(C)cc4o3)c2)cc1. The van der Waals surface area contributed by atoms with E-state index in [1.165, 1.54) is 11.1 Å². The second-order valence-electron chi connectivity index (χ2n) is 8.22. The maximum Gasteiger partial charge on any atom is 0.262 e. The molecule has 0 saturated heterocycles. The van der Waals surface area contributed by atoms with Gasteiger partial charge in [0.1, 0.15) is 11.3 Å². The van der Waals surface area contributed by atoms with Gasteiger partial charge < -0.3 is 14.5 Å². The largest absolute Gasteiger partial charge is 0.484 e. The van der Waals surface area contributed by atoms with Crippen molar-refractivity contribution in [3.05, 3.63) is 77.4 Å². The number of carbonyl (C=O) groups excluding carboxylic acids is 1. The van der Waals surface area contributed by atoms with Crippen LogP contribution in [0.25, 0.3) is 22.6 Å². The van der Waals surface area contributed by atoms with Crippen molar-refractivity contribution < 1.29 is 13.9 Å². The van der Waals surface area contributed by atoms with Crippen LogP contribution < -0.4 is 10.1 Å². The number of aromatic nitrogens is 1. The van der Waals surface area contributed by atoms with Crippen molar-refractivity contribution in [2.24, 2.45) is 0 Å².